The molecule has 0 aliphatic carbocycles. The maximum atomic E-state index is 4.42. The SMILES string of the molecule is CSC(C)(C)CNc1nc2ccc(C)cn2n1. The Bertz CT molecular complexity index is 518. The van der Waals surface area contributed by atoms with Crippen LogP contribution in [-0.2, 0) is 0 Å². The molecule has 0 radical (unpaired) electrons. The summed E-state index contributed by atoms with van der Waals surface area (Å²) < 4.78 is 2.00. The van der Waals surface area contributed by atoms with Gasteiger partial charge in [-0.3, -0.25) is 0 Å². The van der Waals surface area contributed by atoms with Crippen molar-refractivity contribution in [3.63, 3.8) is 0 Å². The van der Waals surface area contributed by atoms with Crippen LogP contribution in [0, 0.1) is 6.92 Å². The lowest BCUT2D eigenvalue weighted by molar-refractivity contribution is 0.746. The minimum atomic E-state index is 0.188. The fraction of sp³-hybridized carbons (Fsp3) is 0.500. The Morgan fingerprint density at radius 3 is 2.88 bits per heavy atom. The first-order chi connectivity index (χ1) is 8.00. The summed E-state index contributed by atoms with van der Waals surface area (Å²) in [4.78, 5) is 4.42. The summed E-state index contributed by atoms with van der Waals surface area (Å²) in [5.41, 5.74) is 2.05. The molecule has 0 aromatic carbocycles. The molecule has 1 N–H and O–H groups in total. The molecule has 0 aliphatic heterocycles. The number of fused-ring (bicyclic) bond motifs is 1. The van der Waals surface area contributed by atoms with E-state index in [2.05, 4.69) is 35.5 Å². The van der Waals surface area contributed by atoms with Crippen molar-refractivity contribution in [3.05, 3.63) is 23.9 Å². The molecular formula is C12H18N4S. The Balaban J connectivity index is 2.15. The first-order valence-electron chi connectivity index (χ1n) is 5.62. The van der Waals surface area contributed by atoms with Crippen molar-refractivity contribution in [3.8, 4) is 0 Å². The molecule has 2 aromatic heterocycles. The predicted octanol–water partition coefficient (Wildman–Crippen LogP) is 2.59. The Labute approximate surface area is 106 Å². The van der Waals surface area contributed by atoms with Crippen LogP contribution in [0.5, 0.6) is 0 Å². The van der Waals surface area contributed by atoms with Gasteiger partial charge in [0.1, 0.15) is 0 Å². The highest BCUT2D eigenvalue weighted by atomic mass is 32.2. The van der Waals surface area contributed by atoms with E-state index in [1.165, 1.54) is 5.56 Å². The van der Waals surface area contributed by atoms with Crippen LogP contribution in [-0.4, -0.2) is 32.1 Å². The largest absolute Gasteiger partial charge is 0.352 e. The maximum absolute atomic E-state index is 4.42. The van der Waals surface area contributed by atoms with E-state index in [0.29, 0.717) is 5.95 Å². The van der Waals surface area contributed by atoms with E-state index in [-0.39, 0.29) is 4.75 Å². The Morgan fingerprint density at radius 2 is 2.18 bits per heavy atom. The van der Waals surface area contributed by atoms with Gasteiger partial charge < -0.3 is 5.32 Å². The third-order valence-corrected chi connectivity index (χ3v) is 3.95. The second-order valence-corrected chi connectivity index (χ2v) is 6.28. The lowest BCUT2D eigenvalue weighted by atomic mass is 10.2. The summed E-state index contributed by atoms with van der Waals surface area (Å²) >= 11 is 1.83. The van der Waals surface area contributed by atoms with E-state index >= 15 is 0 Å². The van der Waals surface area contributed by atoms with E-state index in [4.69, 9.17) is 0 Å². The van der Waals surface area contributed by atoms with Crippen LogP contribution in [0.3, 0.4) is 0 Å². The van der Waals surface area contributed by atoms with Gasteiger partial charge in [-0.1, -0.05) is 6.07 Å². The zero-order valence-electron chi connectivity index (χ0n) is 10.7. The number of hydrogen-bond donors (Lipinski definition) is 1. The molecular weight excluding hydrogens is 232 g/mol. The monoisotopic (exact) mass is 250 g/mol. The molecule has 0 bridgehead atoms. The summed E-state index contributed by atoms with van der Waals surface area (Å²) in [6.45, 7) is 7.30. The van der Waals surface area contributed by atoms with Crippen LogP contribution in [0.15, 0.2) is 18.3 Å². The molecule has 17 heavy (non-hydrogen) atoms. The number of pyridine rings is 1. The molecule has 0 unspecified atom stereocenters. The highest BCUT2D eigenvalue weighted by Crippen LogP contribution is 2.21. The normalized spacial score (nSPS) is 12.0. The number of nitrogens with zero attached hydrogens (tertiary/aromatic N) is 3. The van der Waals surface area contributed by atoms with Crippen LogP contribution in [0.25, 0.3) is 5.65 Å². The molecule has 0 amide bonds. The van der Waals surface area contributed by atoms with Gasteiger partial charge in [0.2, 0.25) is 5.95 Å². The summed E-state index contributed by atoms with van der Waals surface area (Å²) in [7, 11) is 0. The summed E-state index contributed by atoms with van der Waals surface area (Å²) in [5.74, 6) is 0.692. The van der Waals surface area contributed by atoms with Gasteiger partial charge >= 0.3 is 0 Å². The highest BCUT2D eigenvalue weighted by Gasteiger charge is 2.16. The van der Waals surface area contributed by atoms with Crippen LogP contribution in [0.4, 0.5) is 5.95 Å². The van der Waals surface area contributed by atoms with E-state index in [9.17, 15) is 0 Å². The molecule has 5 heteroatoms. The van der Waals surface area contributed by atoms with Crippen LogP contribution in [0.2, 0.25) is 0 Å². The second kappa shape index (κ2) is 4.56. The highest BCUT2D eigenvalue weighted by molar-refractivity contribution is 7.99. The Morgan fingerprint density at radius 1 is 1.41 bits per heavy atom. The Kier molecular flexibility index (Phi) is 3.28. The molecule has 0 saturated carbocycles. The average molecular weight is 250 g/mol. The maximum Gasteiger partial charge on any atom is 0.243 e. The number of aryl methyl sites for hydroxylation is 1. The van der Waals surface area contributed by atoms with Gasteiger partial charge in [-0.15, -0.1) is 5.10 Å². The van der Waals surface area contributed by atoms with Crippen LogP contribution >= 0.6 is 11.8 Å². The number of hydrogen-bond acceptors (Lipinski definition) is 4. The third-order valence-electron chi connectivity index (χ3n) is 2.70. The predicted molar refractivity (Wildman–Crippen MR) is 73.8 cm³/mol. The summed E-state index contributed by atoms with van der Waals surface area (Å²) in [6, 6.07) is 4.02. The van der Waals surface area contributed by atoms with Gasteiger partial charge in [0, 0.05) is 17.5 Å². The lowest BCUT2D eigenvalue weighted by Crippen LogP contribution is -2.26. The fourth-order valence-corrected chi connectivity index (χ4v) is 1.64. The minimum absolute atomic E-state index is 0.188. The lowest BCUT2D eigenvalue weighted by Gasteiger charge is -2.21. The van der Waals surface area contributed by atoms with Crippen molar-refractivity contribution < 1.29 is 0 Å². The minimum Gasteiger partial charge on any atom is -0.352 e. The number of anilines is 1. The summed E-state index contributed by atoms with van der Waals surface area (Å²) in [6.07, 6.45) is 4.09. The van der Waals surface area contributed by atoms with Crippen LogP contribution in [0.1, 0.15) is 19.4 Å². The standard InChI is InChI=1S/C12H18N4S/c1-9-5-6-10-14-11(15-16(10)7-9)13-8-12(2,3)17-4/h5-7H,8H2,1-4H3,(H,13,15). The van der Waals surface area contributed by atoms with Gasteiger partial charge in [0.05, 0.1) is 0 Å². The third kappa shape index (κ3) is 2.91. The smallest absolute Gasteiger partial charge is 0.243 e. The average Bonchev–Trinajstić information content (AvgIpc) is 2.68. The zero-order chi connectivity index (χ0) is 12.5. The topological polar surface area (TPSA) is 42.2 Å². The zero-order valence-corrected chi connectivity index (χ0v) is 11.5. The first-order valence-corrected chi connectivity index (χ1v) is 6.85. The Hall–Kier alpha value is -1.23. The summed E-state index contributed by atoms with van der Waals surface area (Å²) in [5, 5.41) is 7.68. The molecule has 4 nitrogen and oxygen atoms in total. The van der Waals surface area contributed by atoms with Gasteiger partial charge in [0.25, 0.3) is 0 Å². The second-order valence-electron chi connectivity index (χ2n) is 4.76. The number of nitrogens with one attached hydrogen (secondary N) is 1. The van der Waals surface area contributed by atoms with Gasteiger partial charge in [-0.05, 0) is 38.7 Å². The molecule has 0 saturated heterocycles. The fourth-order valence-electron chi connectivity index (χ4n) is 1.42. The van der Waals surface area contributed by atoms with E-state index in [1.54, 1.807) is 0 Å². The van der Waals surface area contributed by atoms with E-state index in [1.807, 2.05) is 41.5 Å². The molecule has 0 aliphatic rings. The quantitative estimate of drug-likeness (QED) is 0.905. The van der Waals surface area contributed by atoms with Crippen molar-refractivity contribution >= 4 is 23.4 Å². The van der Waals surface area contributed by atoms with Crippen LogP contribution < -0.4 is 5.32 Å². The number of aromatic nitrogens is 3. The van der Waals surface area contributed by atoms with Crippen molar-refractivity contribution in [2.45, 2.75) is 25.5 Å². The van der Waals surface area contributed by atoms with Crippen molar-refractivity contribution in [1.29, 1.82) is 0 Å². The van der Waals surface area contributed by atoms with E-state index < -0.39 is 0 Å². The van der Waals surface area contributed by atoms with Crippen molar-refractivity contribution in [2.75, 3.05) is 18.1 Å². The molecule has 2 rings (SSSR count). The van der Waals surface area contributed by atoms with Crippen molar-refractivity contribution in [1.82, 2.24) is 14.6 Å². The molecule has 2 heterocycles. The van der Waals surface area contributed by atoms with Gasteiger partial charge in [-0.25, -0.2) is 4.52 Å². The molecule has 2 aromatic rings. The molecule has 0 fully saturated rings. The van der Waals surface area contributed by atoms with E-state index in [0.717, 1.165) is 12.2 Å². The molecule has 92 valence electrons. The molecule has 0 spiro atoms. The van der Waals surface area contributed by atoms with Gasteiger partial charge in [-0.2, -0.15) is 16.7 Å². The first kappa shape index (κ1) is 12.2. The number of rotatable bonds is 4. The number of thioether (sulfide) groups is 1. The molecule has 0 atom stereocenters. The van der Waals surface area contributed by atoms with Crippen molar-refractivity contribution in [2.24, 2.45) is 0 Å². The van der Waals surface area contributed by atoms with Gasteiger partial charge in [0.15, 0.2) is 5.65 Å².